The highest BCUT2D eigenvalue weighted by molar-refractivity contribution is 5.98. The van der Waals surface area contributed by atoms with Crippen molar-refractivity contribution in [1.82, 2.24) is 5.32 Å². The number of hydrogen-bond acceptors (Lipinski definition) is 3. The first-order chi connectivity index (χ1) is 11.8. The number of nitrogens with one attached hydrogen (secondary N) is 1. The van der Waals surface area contributed by atoms with Crippen molar-refractivity contribution in [2.24, 2.45) is 0 Å². The van der Waals surface area contributed by atoms with Crippen LogP contribution in [0.15, 0.2) is 54.6 Å². The Morgan fingerprint density at radius 1 is 1.04 bits per heavy atom. The van der Waals surface area contributed by atoms with Crippen molar-refractivity contribution in [3.63, 3.8) is 0 Å². The average Bonchev–Trinajstić information content (AvgIpc) is 2.60. The Bertz CT molecular complexity index is 745. The summed E-state index contributed by atoms with van der Waals surface area (Å²) in [6.07, 6.45) is -4.57. The largest absolute Gasteiger partial charge is 0.467 e. The average molecular weight is 351 g/mol. The van der Waals surface area contributed by atoms with Gasteiger partial charge in [-0.1, -0.05) is 42.5 Å². The lowest BCUT2D eigenvalue weighted by molar-refractivity contribution is -0.142. The first-order valence-electron chi connectivity index (χ1n) is 7.41. The van der Waals surface area contributed by atoms with Crippen LogP contribution in [0.2, 0.25) is 0 Å². The van der Waals surface area contributed by atoms with Gasteiger partial charge in [-0.2, -0.15) is 13.2 Å². The summed E-state index contributed by atoms with van der Waals surface area (Å²) in [6, 6.07) is 12.1. The third kappa shape index (κ3) is 4.82. The van der Waals surface area contributed by atoms with E-state index in [4.69, 9.17) is 0 Å². The molecule has 0 aliphatic heterocycles. The summed E-state index contributed by atoms with van der Waals surface area (Å²) in [6.45, 7) is 0. The van der Waals surface area contributed by atoms with Crippen LogP contribution < -0.4 is 5.32 Å². The Morgan fingerprint density at radius 3 is 2.24 bits per heavy atom. The molecule has 0 heterocycles. The predicted octanol–water partition coefficient (Wildman–Crippen LogP) is 3.22. The molecule has 0 aliphatic carbocycles. The maximum absolute atomic E-state index is 13.0. The number of methoxy groups -OCH3 is 1. The van der Waals surface area contributed by atoms with Crippen LogP contribution in [0.4, 0.5) is 13.2 Å². The van der Waals surface area contributed by atoms with Gasteiger partial charge in [0.25, 0.3) is 5.91 Å². The van der Waals surface area contributed by atoms with Crippen molar-refractivity contribution in [3.05, 3.63) is 71.3 Å². The third-order valence-corrected chi connectivity index (χ3v) is 3.55. The van der Waals surface area contributed by atoms with Crippen LogP contribution in [0.5, 0.6) is 0 Å². The molecular formula is C18H16F3NO3. The van der Waals surface area contributed by atoms with E-state index in [0.717, 1.165) is 24.8 Å². The SMILES string of the molecule is COC(=O)[C@H](Cc1ccccc1)NC(=O)c1ccccc1C(F)(F)F. The monoisotopic (exact) mass is 351 g/mol. The number of amides is 1. The minimum Gasteiger partial charge on any atom is -0.467 e. The van der Waals surface area contributed by atoms with E-state index in [-0.39, 0.29) is 6.42 Å². The van der Waals surface area contributed by atoms with E-state index in [1.165, 1.54) is 12.1 Å². The Morgan fingerprint density at radius 2 is 1.64 bits per heavy atom. The molecule has 0 saturated carbocycles. The van der Waals surface area contributed by atoms with Crippen LogP contribution in [0.25, 0.3) is 0 Å². The maximum atomic E-state index is 13.0. The van der Waals surface area contributed by atoms with Crippen molar-refractivity contribution < 1.29 is 27.5 Å². The molecule has 0 spiro atoms. The lowest BCUT2D eigenvalue weighted by Crippen LogP contribution is -2.43. The summed E-state index contributed by atoms with van der Waals surface area (Å²) in [5.74, 6) is -1.72. The third-order valence-electron chi connectivity index (χ3n) is 3.55. The number of carbonyl (C=O) groups excluding carboxylic acids is 2. The Kier molecular flexibility index (Phi) is 5.80. The van der Waals surface area contributed by atoms with E-state index in [0.29, 0.717) is 0 Å². The van der Waals surface area contributed by atoms with Crippen molar-refractivity contribution in [1.29, 1.82) is 0 Å². The standard InChI is InChI=1S/C18H16F3NO3/c1-25-17(24)15(11-12-7-3-2-4-8-12)22-16(23)13-9-5-6-10-14(13)18(19,20)21/h2-10,15H,11H2,1H3,(H,22,23)/t15-/m0/s1. The normalized spacial score (nSPS) is 12.3. The van der Waals surface area contributed by atoms with E-state index < -0.39 is 35.2 Å². The summed E-state index contributed by atoms with van der Waals surface area (Å²) >= 11 is 0. The molecule has 132 valence electrons. The van der Waals surface area contributed by atoms with E-state index in [9.17, 15) is 22.8 Å². The van der Waals surface area contributed by atoms with Crippen LogP contribution in [0.3, 0.4) is 0 Å². The Hall–Kier alpha value is -2.83. The smallest absolute Gasteiger partial charge is 0.417 e. The van der Waals surface area contributed by atoms with Crippen molar-refractivity contribution in [3.8, 4) is 0 Å². The van der Waals surface area contributed by atoms with Crippen molar-refractivity contribution in [2.75, 3.05) is 7.11 Å². The minimum atomic E-state index is -4.67. The van der Waals surface area contributed by atoms with Gasteiger partial charge in [0.2, 0.25) is 0 Å². The highest BCUT2D eigenvalue weighted by Gasteiger charge is 2.35. The quantitative estimate of drug-likeness (QED) is 0.842. The molecule has 0 radical (unpaired) electrons. The molecule has 0 saturated heterocycles. The molecule has 0 aromatic heterocycles. The number of esters is 1. The van der Waals surface area contributed by atoms with Gasteiger partial charge in [0.1, 0.15) is 6.04 Å². The first-order valence-corrected chi connectivity index (χ1v) is 7.41. The van der Waals surface area contributed by atoms with Gasteiger partial charge in [-0.15, -0.1) is 0 Å². The lowest BCUT2D eigenvalue weighted by Gasteiger charge is -2.18. The number of hydrogen-bond donors (Lipinski definition) is 1. The van der Waals surface area contributed by atoms with Gasteiger partial charge in [-0.3, -0.25) is 4.79 Å². The zero-order valence-electron chi connectivity index (χ0n) is 13.3. The fourth-order valence-electron chi connectivity index (χ4n) is 2.35. The molecule has 1 N–H and O–H groups in total. The number of benzene rings is 2. The van der Waals surface area contributed by atoms with E-state index >= 15 is 0 Å². The first kappa shape index (κ1) is 18.5. The lowest BCUT2D eigenvalue weighted by atomic mass is 10.0. The highest BCUT2D eigenvalue weighted by Crippen LogP contribution is 2.31. The Labute approximate surface area is 142 Å². The van der Waals surface area contributed by atoms with Gasteiger partial charge in [-0.25, -0.2) is 4.79 Å². The fourth-order valence-corrected chi connectivity index (χ4v) is 2.35. The second-order valence-corrected chi connectivity index (χ2v) is 5.28. The second-order valence-electron chi connectivity index (χ2n) is 5.28. The summed E-state index contributed by atoms with van der Waals surface area (Å²) in [4.78, 5) is 24.2. The zero-order chi connectivity index (χ0) is 18.4. The van der Waals surface area contributed by atoms with Gasteiger partial charge < -0.3 is 10.1 Å². The molecule has 0 bridgehead atoms. The molecule has 2 aromatic carbocycles. The molecule has 0 unspecified atom stereocenters. The summed E-state index contributed by atoms with van der Waals surface area (Å²) in [5, 5.41) is 2.33. The number of alkyl halides is 3. The molecule has 1 atom stereocenters. The maximum Gasteiger partial charge on any atom is 0.417 e. The van der Waals surface area contributed by atoms with Crippen LogP contribution >= 0.6 is 0 Å². The van der Waals surface area contributed by atoms with E-state index in [2.05, 4.69) is 10.1 Å². The zero-order valence-corrected chi connectivity index (χ0v) is 13.3. The van der Waals surface area contributed by atoms with E-state index in [1.54, 1.807) is 30.3 Å². The molecule has 4 nitrogen and oxygen atoms in total. The van der Waals surface area contributed by atoms with Gasteiger partial charge in [0.15, 0.2) is 0 Å². The molecule has 1 amide bonds. The van der Waals surface area contributed by atoms with Crippen LogP contribution in [-0.2, 0) is 22.1 Å². The fraction of sp³-hybridized carbons (Fsp3) is 0.222. The summed E-state index contributed by atoms with van der Waals surface area (Å²) < 4.78 is 43.8. The van der Waals surface area contributed by atoms with Gasteiger partial charge in [-0.05, 0) is 17.7 Å². The van der Waals surface area contributed by atoms with Crippen molar-refractivity contribution in [2.45, 2.75) is 18.6 Å². The molecule has 7 heteroatoms. The predicted molar refractivity (Wildman–Crippen MR) is 84.9 cm³/mol. The number of carbonyl (C=O) groups is 2. The number of halogens is 3. The van der Waals surface area contributed by atoms with Crippen molar-refractivity contribution >= 4 is 11.9 Å². The topological polar surface area (TPSA) is 55.4 Å². The molecule has 25 heavy (non-hydrogen) atoms. The highest BCUT2D eigenvalue weighted by atomic mass is 19.4. The van der Waals surface area contributed by atoms with Gasteiger partial charge >= 0.3 is 12.1 Å². The van der Waals surface area contributed by atoms with Crippen LogP contribution in [0.1, 0.15) is 21.5 Å². The van der Waals surface area contributed by atoms with Gasteiger partial charge in [0, 0.05) is 6.42 Å². The van der Waals surface area contributed by atoms with Gasteiger partial charge in [0.05, 0.1) is 18.2 Å². The second kappa shape index (κ2) is 7.83. The number of ether oxygens (including phenoxy) is 1. The molecule has 2 aromatic rings. The minimum absolute atomic E-state index is 0.105. The molecule has 0 aliphatic rings. The summed E-state index contributed by atoms with van der Waals surface area (Å²) in [7, 11) is 1.15. The van der Waals surface area contributed by atoms with Crippen LogP contribution in [0, 0.1) is 0 Å². The number of rotatable bonds is 5. The molecule has 2 rings (SSSR count). The molecule has 0 fully saturated rings. The van der Waals surface area contributed by atoms with E-state index in [1.807, 2.05) is 0 Å². The molecular weight excluding hydrogens is 335 g/mol. The summed E-state index contributed by atoms with van der Waals surface area (Å²) in [5.41, 5.74) is -0.866. The van der Waals surface area contributed by atoms with Crippen LogP contribution in [-0.4, -0.2) is 25.0 Å². The Balaban J connectivity index is 2.25.